The van der Waals surface area contributed by atoms with Crippen molar-refractivity contribution in [2.24, 2.45) is 0 Å². The van der Waals surface area contributed by atoms with Crippen molar-refractivity contribution in [1.29, 1.82) is 0 Å². The van der Waals surface area contributed by atoms with Gasteiger partial charge in [0.05, 0.1) is 0 Å². The minimum absolute atomic E-state index is 0.00959. The van der Waals surface area contributed by atoms with E-state index in [-0.39, 0.29) is 11.8 Å². The third kappa shape index (κ3) is 5.01. The molecule has 0 N–H and O–H groups in total. The number of benzene rings is 2. The average Bonchev–Trinajstić information content (AvgIpc) is 2.95. The zero-order chi connectivity index (χ0) is 19.2. The Kier molecular flexibility index (Phi) is 6.35. The predicted molar refractivity (Wildman–Crippen MR) is 105 cm³/mol. The topological polar surface area (TPSA) is 49.9 Å². The normalized spacial score (nSPS) is 15.8. The van der Waals surface area contributed by atoms with Crippen LogP contribution in [0.15, 0.2) is 54.6 Å². The number of ether oxygens (including phenoxy) is 1. The number of hydrogen-bond acceptors (Lipinski definition) is 3. The molecule has 0 radical (unpaired) electrons. The summed E-state index contributed by atoms with van der Waals surface area (Å²) in [5.41, 5.74) is 0.678. The molecular weight excluding hydrogens is 364 g/mol. The van der Waals surface area contributed by atoms with Gasteiger partial charge in [-0.25, -0.2) is 0 Å². The van der Waals surface area contributed by atoms with Gasteiger partial charge in [-0.05, 0) is 49.7 Å². The van der Waals surface area contributed by atoms with Crippen LogP contribution in [0, 0.1) is 0 Å². The molecule has 2 amide bonds. The molecule has 1 unspecified atom stereocenters. The van der Waals surface area contributed by atoms with Crippen LogP contribution in [0.5, 0.6) is 5.75 Å². The molecule has 0 saturated carbocycles. The summed E-state index contributed by atoms with van der Waals surface area (Å²) in [5.74, 6) is 0.547. The molecule has 0 aliphatic carbocycles. The lowest BCUT2D eigenvalue weighted by molar-refractivity contribution is -0.137. The molecule has 6 heteroatoms. The van der Waals surface area contributed by atoms with Crippen molar-refractivity contribution in [3.05, 3.63) is 65.2 Å². The van der Waals surface area contributed by atoms with E-state index >= 15 is 0 Å². The molecule has 1 heterocycles. The molecule has 142 valence electrons. The number of carbonyl (C=O) groups is 2. The third-order valence-electron chi connectivity index (χ3n) is 4.59. The molecule has 0 bridgehead atoms. The van der Waals surface area contributed by atoms with E-state index in [0.29, 0.717) is 42.5 Å². The molecule has 1 saturated heterocycles. The summed E-state index contributed by atoms with van der Waals surface area (Å²) in [6.45, 7) is 4.03. The van der Waals surface area contributed by atoms with Crippen molar-refractivity contribution in [1.82, 2.24) is 9.80 Å². The lowest BCUT2D eigenvalue weighted by Crippen LogP contribution is -2.43. The van der Waals surface area contributed by atoms with E-state index in [1.165, 1.54) is 0 Å². The molecule has 0 spiro atoms. The number of nitrogens with zero attached hydrogens (tertiary/aromatic N) is 2. The average molecular weight is 387 g/mol. The summed E-state index contributed by atoms with van der Waals surface area (Å²) in [7, 11) is 0. The van der Waals surface area contributed by atoms with Crippen LogP contribution in [0.3, 0.4) is 0 Å². The molecule has 2 aromatic carbocycles. The maximum atomic E-state index is 12.7. The molecule has 5 nitrogen and oxygen atoms in total. The van der Waals surface area contributed by atoms with Crippen molar-refractivity contribution in [2.75, 3.05) is 26.2 Å². The Morgan fingerprint density at radius 3 is 2.26 bits per heavy atom. The highest BCUT2D eigenvalue weighted by Gasteiger charge is 2.26. The number of carbonyl (C=O) groups excluding carboxylic acids is 2. The fourth-order valence-electron chi connectivity index (χ4n) is 3.13. The Balaban J connectivity index is 1.57. The van der Waals surface area contributed by atoms with E-state index in [4.69, 9.17) is 16.3 Å². The van der Waals surface area contributed by atoms with Crippen LogP contribution in [-0.4, -0.2) is 53.9 Å². The lowest BCUT2D eigenvalue weighted by Gasteiger charge is -2.25. The first kappa shape index (κ1) is 19.2. The standard InChI is InChI=1S/C21H23ClN2O3/c1-16(27-19-10-8-18(22)9-11-19)20(25)23-12-5-13-24(15-14-23)21(26)17-6-3-2-4-7-17/h2-4,6-11,16H,5,12-15H2,1H3. The summed E-state index contributed by atoms with van der Waals surface area (Å²) in [6.07, 6.45) is 0.153. The van der Waals surface area contributed by atoms with E-state index in [9.17, 15) is 9.59 Å². The number of amides is 2. The zero-order valence-corrected chi connectivity index (χ0v) is 16.1. The molecule has 3 rings (SSSR count). The molecule has 1 aliphatic heterocycles. The second-order valence-electron chi connectivity index (χ2n) is 6.55. The van der Waals surface area contributed by atoms with Gasteiger partial charge in [0, 0.05) is 36.8 Å². The van der Waals surface area contributed by atoms with E-state index in [0.717, 1.165) is 6.42 Å². The Bertz CT molecular complexity index is 780. The van der Waals surface area contributed by atoms with Crippen LogP contribution in [-0.2, 0) is 4.79 Å². The number of rotatable bonds is 4. The van der Waals surface area contributed by atoms with Gasteiger partial charge in [-0.3, -0.25) is 9.59 Å². The highest BCUT2D eigenvalue weighted by Crippen LogP contribution is 2.18. The van der Waals surface area contributed by atoms with Crippen LogP contribution in [0.1, 0.15) is 23.7 Å². The van der Waals surface area contributed by atoms with Crippen LogP contribution in [0.25, 0.3) is 0 Å². The van der Waals surface area contributed by atoms with Crippen LogP contribution >= 0.6 is 11.6 Å². The van der Waals surface area contributed by atoms with Gasteiger partial charge in [-0.2, -0.15) is 0 Å². The van der Waals surface area contributed by atoms with E-state index in [1.807, 2.05) is 35.2 Å². The minimum atomic E-state index is -0.595. The van der Waals surface area contributed by atoms with E-state index in [2.05, 4.69) is 0 Å². The smallest absolute Gasteiger partial charge is 0.263 e. The van der Waals surface area contributed by atoms with Gasteiger partial charge in [0.25, 0.3) is 11.8 Å². The van der Waals surface area contributed by atoms with Crippen molar-refractivity contribution in [2.45, 2.75) is 19.4 Å². The first-order valence-corrected chi connectivity index (χ1v) is 9.48. The first-order chi connectivity index (χ1) is 13.0. The Labute approximate surface area is 164 Å². The van der Waals surface area contributed by atoms with Crippen molar-refractivity contribution in [3.63, 3.8) is 0 Å². The Hall–Kier alpha value is -2.53. The largest absolute Gasteiger partial charge is 0.481 e. The molecule has 1 atom stereocenters. The van der Waals surface area contributed by atoms with Crippen molar-refractivity contribution < 1.29 is 14.3 Å². The fourth-order valence-corrected chi connectivity index (χ4v) is 3.26. The molecule has 0 aromatic heterocycles. The summed E-state index contributed by atoms with van der Waals surface area (Å²) in [4.78, 5) is 28.9. The predicted octanol–water partition coefficient (Wildman–Crippen LogP) is 3.48. The van der Waals surface area contributed by atoms with Gasteiger partial charge in [-0.1, -0.05) is 29.8 Å². The van der Waals surface area contributed by atoms with Gasteiger partial charge in [0.2, 0.25) is 0 Å². The van der Waals surface area contributed by atoms with Gasteiger partial charge in [0.15, 0.2) is 6.10 Å². The maximum Gasteiger partial charge on any atom is 0.263 e. The van der Waals surface area contributed by atoms with Crippen LogP contribution in [0.2, 0.25) is 5.02 Å². The number of hydrogen-bond donors (Lipinski definition) is 0. The summed E-state index contributed by atoms with van der Waals surface area (Å²) < 4.78 is 5.74. The summed E-state index contributed by atoms with van der Waals surface area (Å²) >= 11 is 5.87. The summed E-state index contributed by atoms with van der Waals surface area (Å²) in [6, 6.07) is 16.2. The SMILES string of the molecule is CC(Oc1ccc(Cl)cc1)C(=O)N1CCCN(C(=O)c2ccccc2)CC1. The third-order valence-corrected chi connectivity index (χ3v) is 4.84. The zero-order valence-electron chi connectivity index (χ0n) is 15.3. The van der Waals surface area contributed by atoms with Crippen molar-refractivity contribution >= 4 is 23.4 Å². The molecule has 27 heavy (non-hydrogen) atoms. The van der Waals surface area contributed by atoms with Gasteiger partial charge < -0.3 is 14.5 Å². The molecule has 1 fully saturated rings. The quantitative estimate of drug-likeness (QED) is 0.808. The van der Waals surface area contributed by atoms with Crippen molar-refractivity contribution in [3.8, 4) is 5.75 Å². The van der Waals surface area contributed by atoms with E-state index in [1.54, 1.807) is 36.1 Å². The van der Waals surface area contributed by atoms with E-state index < -0.39 is 6.10 Å². The first-order valence-electron chi connectivity index (χ1n) is 9.10. The second-order valence-corrected chi connectivity index (χ2v) is 6.99. The second kappa shape index (κ2) is 8.91. The fraction of sp³-hybridized carbons (Fsp3) is 0.333. The van der Waals surface area contributed by atoms with Gasteiger partial charge in [0.1, 0.15) is 5.75 Å². The molecule has 2 aromatic rings. The van der Waals surface area contributed by atoms with Crippen LogP contribution in [0.4, 0.5) is 0 Å². The Morgan fingerprint density at radius 2 is 1.56 bits per heavy atom. The molecular formula is C21H23ClN2O3. The lowest BCUT2D eigenvalue weighted by atomic mass is 10.2. The maximum absolute atomic E-state index is 12.7. The highest BCUT2D eigenvalue weighted by molar-refractivity contribution is 6.30. The molecule has 1 aliphatic rings. The summed E-state index contributed by atoms with van der Waals surface area (Å²) in [5, 5.41) is 0.622. The number of halogens is 1. The highest BCUT2D eigenvalue weighted by atomic mass is 35.5. The Morgan fingerprint density at radius 1 is 0.926 bits per heavy atom. The van der Waals surface area contributed by atoms with Gasteiger partial charge >= 0.3 is 0 Å². The monoisotopic (exact) mass is 386 g/mol. The van der Waals surface area contributed by atoms with Gasteiger partial charge in [-0.15, -0.1) is 0 Å². The van der Waals surface area contributed by atoms with Crippen LogP contribution < -0.4 is 4.74 Å². The minimum Gasteiger partial charge on any atom is -0.481 e.